The van der Waals surface area contributed by atoms with E-state index in [2.05, 4.69) is 0 Å². The molecule has 0 aromatic carbocycles. The fourth-order valence-corrected chi connectivity index (χ4v) is 0.946. The van der Waals surface area contributed by atoms with Gasteiger partial charge in [0.15, 0.2) is 0 Å². The average Bonchev–Trinajstić information content (AvgIpc) is 2.36. The highest BCUT2D eigenvalue weighted by Gasteiger charge is 2.23. The molecule has 3 heteroatoms. The second-order valence-corrected chi connectivity index (χ2v) is 2.13. The molecule has 1 aliphatic rings. The van der Waals surface area contributed by atoms with E-state index in [1.807, 2.05) is 6.08 Å². The highest BCUT2D eigenvalue weighted by Crippen LogP contribution is 2.19. The van der Waals surface area contributed by atoms with E-state index in [-0.39, 0.29) is 12.2 Å². The van der Waals surface area contributed by atoms with Crippen molar-refractivity contribution < 1.29 is 14.3 Å². The minimum atomic E-state index is -0.259. The van der Waals surface area contributed by atoms with Gasteiger partial charge in [-0.3, -0.25) is 0 Å². The van der Waals surface area contributed by atoms with Gasteiger partial charge in [0, 0.05) is 19.4 Å². The molecule has 10 heavy (non-hydrogen) atoms. The van der Waals surface area contributed by atoms with Gasteiger partial charge in [-0.05, 0) is 6.08 Å². The predicted molar refractivity (Wildman–Crippen MR) is 35.2 cm³/mol. The molecule has 0 bridgehead atoms. The first-order valence-electron chi connectivity index (χ1n) is 3.17. The van der Waals surface area contributed by atoms with Gasteiger partial charge in [-0.1, -0.05) is 0 Å². The van der Waals surface area contributed by atoms with Gasteiger partial charge in [-0.15, -0.1) is 0 Å². The number of hydrogen-bond acceptors (Lipinski definition) is 3. The van der Waals surface area contributed by atoms with Gasteiger partial charge >= 0.3 is 0 Å². The molecule has 0 amide bonds. The summed E-state index contributed by atoms with van der Waals surface area (Å²) < 4.78 is 9.94. The summed E-state index contributed by atoms with van der Waals surface area (Å²) >= 11 is 0. The summed E-state index contributed by atoms with van der Waals surface area (Å²) in [6, 6.07) is 0. The Morgan fingerprint density at radius 3 is 3.20 bits per heavy atom. The minimum absolute atomic E-state index is 0.0995. The van der Waals surface area contributed by atoms with Gasteiger partial charge < -0.3 is 14.3 Å². The van der Waals surface area contributed by atoms with Crippen molar-refractivity contribution in [2.45, 2.75) is 12.7 Å². The van der Waals surface area contributed by atoms with E-state index in [1.165, 1.54) is 0 Å². The van der Waals surface area contributed by atoms with Crippen LogP contribution in [0.25, 0.3) is 0 Å². The molecule has 0 saturated carbocycles. The van der Waals surface area contributed by atoms with Gasteiger partial charge in [0.2, 0.25) is 6.29 Å². The molecule has 2 atom stereocenters. The number of carbonyl (C=O) groups is 1. The van der Waals surface area contributed by atoms with Gasteiger partial charge in [0.05, 0.1) is 6.26 Å². The van der Waals surface area contributed by atoms with E-state index in [4.69, 9.17) is 9.47 Å². The molecule has 1 aliphatic heterocycles. The van der Waals surface area contributed by atoms with Crippen LogP contribution in [0.15, 0.2) is 12.3 Å². The number of methoxy groups -OCH3 is 1. The molecule has 3 nitrogen and oxygen atoms in total. The number of rotatable bonds is 3. The molecular weight excluding hydrogens is 132 g/mol. The summed E-state index contributed by atoms with van der Waals surface area (Å²) in [7, 11) is 1.56. The highest BCUT2D eigenvalue weighted by atomic mass is 16.7. The Hall–Kier alpha value is -0.830. The summed E-state index contributed by atoms with van der Waals surface area (Å²) in [4.78, 5) is 10.1. The smallest absolute Gasteiger partial charge is 0.205 e. The van der Waals surface area contributed by atoms with Gasteiger partial charge in [-0.25, -0.2) is 0 Å². The lowest BCUT2D eigenvalue weighted by atomic mass is 10.1. The largest absolute Gasteiger partial charge is 0.472 e. The van der Waals surface area contributed by atoms with Crippen molar-refractivity contribution in [3.63, 3.8) is 0 Å². The molecule has 0 aliphatic carbocycles. The van der Waals surface area contributed by atoms with Crippen molar-refractivity contribution in [1.29, 1.82) is 0 Å². The fraction of sp³-hybridized carbons (Fsp3) is 0.571. The molecule has 0 radical (unpaired) electrons. The summed E-state index contributed by atoms with van der Waals surface area (Å²) in [5, 5.41) is 0. The maximum Gasteiger partial charge on any atom is 0.205 e. The van der Waals surface area contributed by atoms with Crippen molar-refractivity contribution in [2.24, 2.45) is 5.92 Å². The molecule has 0 fully saturated rings. The predicted octanol–water partition coefficient (Wildman–Crippen LogP) is 0.708. The maximum atomic E-state index is 10.1. The number of aldehydes is 1. The van der Waals surface area contributed by atoms with Crippen molar-refractivity contribution in [3.05, 3.63) is 12.3 Å². The zero-order valence-electron chi connectivity index (χ0n) is 5.82. The maximum absolute atomic E-state index is 10.1. The number of carbonyl (C=O) groups excluding carboxylic acids is 1. The topological polar surface area (TPSA) is 35.5 Å². The Kier molecular flexibility index (Phi) is 2.45. The van der Waals surface area contributed by atoms with Crippen molar-refractivity contribution in [2.75, 3.05) is 7.11 Å². The second-order valence-electron chi connectivity index (χ2n) is 2.13. The molecule has 0 spiro atoms. The standard InChI is InChI=1S/C7H10O3/c1-9-7-6(2-4-8)3-5-10-7/h3-7H,2H2,1H3/t6-,7+/m0/s1. The molecule has 0 saturated heterocycles. The van der Waals surface area contributed by atoms with Crippen molar-refractivity contribution in [3.8, 4) is 0 Å². The van der Waals surface area contributed by atoms with Crippen LogP contribution < -0.4 is 0 Å². The summed E-state index contributed by atoms with van der Waals surface area (Å²) in [5.74, 6) is 0.0995. The fourth-order valence-electron chi connectivity index (χ4n) is 0.946. The summed E-state index contributed by atoms with van der Waals surface area (Å²) in [5.41, 5.74) is 0. The Morgan fingerprint density at radius 2 is 2.60 bits per heavy atom. The summed E-state index contributed by atoms with van der Waals surface area (Å²) in [6.07, 6.45) is 4.49. The van der Waals surface area contributed by atoms with E-state index in [9.17, 15) is 4.79 Å². The Bertz CT molecular complexity index is 142. The molecule has 56 valence electrons. The highest BCUT2D eigenvalue weighted by molar-refractivity contribution is 5.50. The lowest BCUT2D eigenvalue weighted by Gasteiger charge is -2.13. The molecule has 1 heterocycles. The molecule has 0 aromatic rings. The quantitative estimate of drug-likeness (QED) is 0.544. The van der Waals surface area contributed by atoms with Crippen LogP contribution in [0.2, 0.25) is 0 Å². The SMILES string of the molecule is CO[C@@H]1OC=C[C@@H]1CC=O. The monoisotopic (exact) mass is 142 g/mol. The van der Waals surface area contributed by atoms with Crippen molar-refractivity contribution in [1.82, 2.24) is 0 Å². The van der Waals surface area contributed by atoms with Crippen LogP contribution in [0.1, 0.15) is 6.42 Å². The third kappa shape index (κ3) is 1.36. The van der Waals surface area contributed by atoms with Crippen LogP contribution in [0, 0.1) is 5.92 Å². The van der Waals surface area contributed by atoms with Crippen LogP contribution in [0.3, 0.4) is 0 Å². The van der Waals surface area contributed by atoms with Crippen LogP contribution in [0.4, 0.5) is 0 Å². The normalized spacial score (nSPS) is 30.1. The molecule has 1 rings (SSSR count). The van der Waals surface area contributed by atoms with Crippen LogP contribution in [-0.4, -0.2) is 19.7 Å². The van der Waals surface area contributed by atoms with Gasteiger partial charge in [0.1, 0.15) is 6.29 Å². The minimum Gasteiger partial charge on any atom is -0.472 e. The molecular formula is C7H10O3. The lowest BCUT2D eigenvalue weighted by molar-refractivity contribution is -0.115. The van der Waals surface area contributed by atoms with Crippen LogP contribution >= 0.6 is 0 Å². The van der Waals surface area contributed by atoms with Gasteiger partial charge in [0.25, 0.3) is 0 Å². The first-order chi connectivity index (χ1) is 4.88. The van der Waals surface area contributed by atoms with E-state index in [0.29, 0.717) is 6.42 Å². The van der Waals surface area contributed by atoms with Crippen LogP contribution in [0.5, 0.6) is 0 Å². The third-order valence-corrected chi connectivity index (χ3v) is 1.49. The first kappa shape index (κ1) is 7.28. The lowest BCUT2D eigenvalue weighted by Crippen LogP contribution is -2.18. The van der Waals surface area contributed by atoms with E-state index in [1.54, 1.807) is 13.4 Å². The molecule has 0 N–H and O–H groups in total. The number of ether oxygens (including phenoxy) is 2. The average molecular weight is 142 g/mol. The third-order valence-electron chi connectivity index (χ3n) is 1.49. The van der Waals surface area contributed by atoms with Crippen LogP contribution in [-0.2, 0) is 14.3 Å². The zero-order valence-corrected chi connectivity index (χ0v) is 5.82. The molecule has 0 unspecified atom stereocenters. The molecule has 0 aromatic heterocycles. The zero-order chi connectivity index (χ0) is 7.40. The second kappa shape index (κ2) is 3.37. The summed E-state index contributed by atoms with van der Waals surface area (Å²) in [6.45, 7) is 0. The van der Waals surface area contributed by atoms with Crippen molar-refractivity contribution >= 4 is 6.29 Å². The van der Waals surface area contributed by atoms with E-state index >= 15 is 0 Å². The Balaban J connectivity index is 2.40. The number of hydrogen-bond donors (Lipinski definition) is 0. The van der Waals surface area contributed by atoms with E-state index in [0.717, 1.165) is 6.29 Å². The first-order valence-corrected chi connectivity index (χ1v) is 3.17. The Labute approximate surface area is 59.6 Å². The van der Waals surface area contributed by atoms with Gasteiger partial charge in [-0.2, -0.15) is 0 Å². The Morgan fingerprint density at radius 1 is 1.80 bits per heavy atom. The van der Waals surface area contributed by atoms with E-state index < -0.39 is 0 Å².